The second-order valence-corrected chi connectivity index (χ2v) is 8.54. The van der Waals surface area contributed by atoms with Crippen molar-refractivity contribution in [3.8, 4) is 0 Å². The Hall–Kier alpha value is -0.750. The third-order valence-corrected chi connectivity index (χ3v) is 7.67. The number of hydrazine groups is 1. The highest BCUT2D eigenvalue weighted by atomic mass is 32.2. The van der Waals surface area contributed by atoms with Crippen molar-refractivity contribution in [2.24, 2.45) is 5.84 Å². The molecule has 4 unspecified atom stereocenters. The first-order valence-electron chi connectivity index (χ1n) is 7.26. The van der Waals surface area contributed by atoms with Crippen molar-refractivity contribution in [1.82, 2.24) is 10.4 Å². The average Bonchev–Trinajstić information content (AvgIpc) is 2.52. The fourth-order valence-electron chi connectivity index (χ4n) is 2.80. The molecule has 0 radical (unpaired) electrons. The number of aromatic nitrogens is 1. The Balaban J connectivity index is 1.95. The fourth-order valence-corrected chi connectivity index (χ4v) is 5.89. The number of nitrogens with zero attached hydrogens (tertiary/aromatic N) is 1. The first kappa shape index (κ1) is 15.2. The van der Waals surface area contributed by atoms with Crippen molar-refractivity contribution in [3.63, 3.8) is 0 Å². The second-order valence-electron chi connectivity index (χ2n) is 5.51. The molecule has 3 rings (SSSR count). The maximum absolute atomic E-state index is 5.92. The number of nitrogens with one attached hydrogen (secondary N) is 1. The molecule has 112 valence electrons. The van der Waals surface area contributed by atoms with Gasteiger partial charge in [-0.3, -0.25) is 16.3 Å². The Morgan fingerprint density at radius 1 is 1.29 bits per heavy atom. The van der Waals surface area contributed by atoms with Gasteiger partial charge in [-0.05, 0) is 17.0 Å². The van der Waals surface area contributed by atoms with E-state index in [1.54, 1.807) is 0 Å². The van der Waals surface area contributed by atoms with Crippen molar-refractivity contribution in [1.29, 1.82) is 0 Å². The number of hydrogen-bond acceptors (Lipinski definition) is 5. The summed E-state index contributed by atoms with van der Waals surface area (Å²) in [5.74, 6) is 7.05. The number of rotatable bonds is 3. The molecule has 4 atom stereocenters. The Morgan fingerprint density at radius 2 is 2.14 bits per heavy atom. The van der Waals surface area contributed by atoms with Gasteiger partial charge in [0, 0.05) is 39.3 Å². The fraction of sp³-hybridized carbons (Fsp3) is 0.438. The van der Waals surface area contributed by atoms with Gasteiger partial charge in [0.1, 0.15) is 0 Å². The smallest absolute Gasteiger partial charge is 0.0592 e. The van der Waals surface area contributed by atoms with Crippen molar-refractivity contribution >= 4 is 34.3 Å². The van der Waals surface area contributed by atoms with Crippen molar-refractivity contribution in [3.05, 3.63) is 42.2 Å². The van der Waals surface area contributed by atoms with Crippen LogP contribution in [0.3, 0.4) is 0 Å². The quantitative estimate of drug-likeness (QED) is 0.671. The molecule has 3 N–H and O–H groups in total. The van der Waals surface area contributed by atoms with Gasteiger partial charge in [-0.15, -0.1) is 0 Å². The van der Waals surface area contributed by atoms with Crippen molar-refractivity contribution < 1.29 is 0 Å². The number of pyridine rings is 1. The molecular formula is C16H21N3S2. The van der Waals surface area contributed by atoms with Crippen molar-refractivity contribution in [2.45, 2.75) is 35.6 Å². The van der Waals surface area contributed by atoms with Gasteiger partial charge >= 0.3 is 0 Å². The molecule has 1 aliphatic heterocycles. The van der Waals surface area contributed by atoms with Crippen LogP contribution in [0.1, 0.15) is 25.5 Å². The summed E-state index contributed by atoms with van der Waals surface area (Å²) in [6.07, 6.45) is 3.77. The molecule has 1 aliphatic rings. The minimum Gasteiger partial charge on any atom is -0.271 e. The van der Waals surface area contributed by atoms with E-state index in [4.69, 9.17) is 5.84 Å². The summed E-state index contributed by atoms with van der Waals surface area (Å²) in [6.45, 7) is 4.63. The molecule has 0 bridgehead atoms. The lowest BCUT2D eigenvalue weighted by Crippen LogP contribution is -2.40. The van der Waals surface area contributed by atoms with E-state index >= 15 is 0 Å². The molecule has 0 spiro atoms. The Morgan fingerprint density at radius 3 is 2.90 bits per heavy atom. The largest absolute Gasteiger partial charge is 0.271 e. The van der Waals surface area contributed by atoms with Crippen LogP contribution in [0.5, 0.6) is 0 Å². The summed E-state index contributed by atoms with van der Waals surface area (Å²) in [5.41, 5.74) is 4.34. The van der Waals surface area contributed by atoms with E-state index in [1.165, 1.54) is 16.3 Å². The molecular weight excluding hydrogens is 298 g/mol. The van der Waals surface area contributed by atoms with Crippen LogP contribution in [-0.2, 0) is 0 Å². The highest BCUT2D eigenvalue weighted by Gasteiger charge is 2.32. The van der Waals surface area contributed by atoms with Crippen LogP contribution in [0.25, 0.3) is 10.8 Å². The number of fused-ring (bicyclic) bond motifs is 1. The molecule has 0 saturated carbocycles. The molecule has 5 heteroatoms. The van der Waals surface area contributed by atoms with Gasteiger partial charge in [0.05, 0.1) is 6.04 Å². The van der Waals surface area contributed by atoms with Crippen LogP contribution < -0.4 is 11.3 Å². The molecule has 0 amide bonds. The standard InChI is InChI=1S/C16H21N3S2/c1-10-11(2)21-15(9-20-10)16(19-17)14-5-3-4-12-8-18-7-6-13(12)14/h3-8,10-11,15-16,19H,9,17H2,1-2H3. The number of nitrogens with two attached hydrogens (primary N) is 1. The minimum atomic E-state index is 0.170. The SMILES string of the molecule is CC1SCC(C(NN)c2cccc3cnccc23)SC1C. The van der Waals surface area contributed by atoms with Crippen molar-refractivity contribution in [2.75, 3.05) is 5.75 Å². The van der Waals surface area contributed by atoms with E-state index in [1.807, 2.05) is 24.2 Å². The summed E-state index contributed by atoms with van der Waals surface area (Å²) in [4.78, 5) is 4.21. The lowest BCUT2D eigenvalue weighted by molar-refractivity contribution is 0.553. The maximum atomic E-state index is 5.92. The van der Waals surface area contributed by atoms with E-state index < -0.39 is 0 Å². The van der Waals surface area contributed by atoms with Gasteiger partial charge in [0.2, 0.25) is 0 Å². The topological polar surface area (TPSA) is 50.9 Å². The van der Waals surface area contributed by atoms with Crippen LogP contribution in [0.2, 0.25) is 0 Å². The molecule has 1 fully saturated rings. The summed E-state index contributed by atoms with van der Waals surface area (Å²) < 4.78 is 0. The van der Waals surface area contributed by atoms with E-state index in [-0.39, 0.29) is 6.04 Å². The van der Waals surface area contributed by atoms with Gasteiger partial charge in [0.15, 0.2) is 0 Å². The van der Waals surface area contributed by atoms with Gasteiger partial charge in [-0.25, -0.2) is 0 Å². The van der Waals surface area contributed by atoms with Crippen LogP contribution in [0.15, 0.2) is 36.7 Å². The maximum Gasteiger partial charge on any atom is 0.0592 e. The highest BCUT2D eigenvalue weighted by Crippen LogP contribution is 2.41. The van der Waals surface area contributed by atoms with E-state index in [2.05, 4.69) is 60.3 Å². The van der Waals surface area contributed by atoms with Crippen LogP contribution in [0, 0.1) is 0 Å². The second kappa shape index (κ2) is 6.57. The predicted octanol–water partition coefficient (Wildman–Crippen LogP) is 3.36. The summed E-state index contributed by atoms with van der Waals surface area (Å²) in [6, 6.07) is 8.63. The van der Waals surface area contributed by atoms with Gasteiger partial charge < -0.3 is 0 Å². The van der Waals surface area contributed by atoms with Gasteiger partial charge in [0.25, 0.3) is 0 Å². The van der Waals surface area contributed by atoms with Gasteiger partial charge in [-0.1, -0.05) is 32.0 Å². The molecule has 1 aromatic carbocycles. The number of hydrogen-bond donors (Lipinski definition) is 2. The zero-order chi connectivity index (χ0) is 14.8. The molecule has 2 heterocycles. The first-order chi connectivity index (χ1) is 10.2. The zero-order valence-corrected chi connectivity index (χ0v) is 14.0. The minimum absolute atomic E-state index is 0.170. The lowest BCUT2D eigenvalue weighted by Gasteiger charge is -2.36. The van der Waals surface area contributed by atoms with Gasteiger partial charge in [-0.2, -0.15) is 23.5 Å². The summed E-state index contributed by atoms with van der Waals surface area (Å²) in [7, 11) is 0. The number of thioether (sulfide) groups is 2. The van der Waals surface area contributed by atoms with E-state index in [9.17, 15) is 0 Å². The van der Waals surface area contributed by atoms with Crippen LogP contribution in [0.4, 0.5) is 0 Å². The molecule has 0 aliphatic carbocycles. The Bertz CT molecular complexity index is 614. The monoisotopic (exact) mass is 319 g/mol. The third kappa shape index (κ3) is 3.06. The molecule has 3 nitrogen and oxygen atoms in total. The summed E-state index contributed by atoms with van der Waals surface area (Å²) >= 11 is 4.10. The first-order valence-corrected chi connectivity index (χ1v) is 9.25. The predicted molar refractivity (Wildman–Crippen MR) is 94.6 cm³/mol. The Kier molecular flexibility index (Phi) is 4.74. The molecule has 21 heavy (non-hydrogen) atoms. The normalized spacial score (nSPS) is 27.7. The van der Waals surface area contributed by atoms with Crippen LogP contribution >= 0.6 is 23.5 Å². The zero-order valence-electron chi connectivity index (χ0n) is 12.3. The summed E-state index contributed by atoms with van der Waals surface area (Å²) in [5, 5.41) is 4.27. The lowest BCUT2D eigenvalue weighted by atomic mass is 9.98. The molecule has 2 aromatic rings. The highest BCUT2D eigenvalue weighted by molar-refractivity contribution is 8.07. The van der Waals surface area contributed by atoms with Crippen LogP contribution in [-0.4, -0.2) is 26.5 Å². The van der Waals surface area contributed by atoms with E-state index in [0.717, 1.165) is 5.75 Å². The third-order valence-electron chi connectivity index (χ3n) is 4.17. The Labute approximate surface area is 134 Å². The van der Waals surface area contributed by atoms with E-state index in [0.29, 0.717) is 15.7 Å². The molecule has 1 aromatic heterocycles. The average molecular weight is 319 g/mol. The molecule has 1 saturated heterocycles. The number of benzene rings is 1.